The van der Waals surface area contributed by atoms with Gasteiger partial charge in [0, 0.05) is 50.2 Å². The van der Waals surface area contributed by atoms with Crippen LogP contribution in [0.2, 0.25) is 0 Å². The number of carbonyl (C=O) groups is 1. The van der Waals surface area contributed by atoms with Crippen LogP contribution >= 0.6 is 0 Å². The quantitative estimate of drug-likeness (QED) is 0.779. The minimum absolute atomic E-state index is 0.149. The smallest absolute Gasteiger partial charge is 0.258 e. The van der Waals surface area contributed by atoms with Gasteiger partial charge < -0.3 is 9.47 Å². The lowest BCUT2D eigenvalue weighted by molar-refractivity contribution is 0.0699. The number of fused-ring (bicyclic) bond motifs is 1. The van der Waals surface area contributed by atoms with Crippen LogP contribution in [0.25, 0.3) is 10.8 Å². The summed E-state index contributed by atoms with van der Waals surface area (Å²) in [4.78, 5) is 26.7. The largest absolute Gasteiger partial charge is 0.336 e. The molecule has 1 aliphatic heterocycles. The Bertz CT molecular complexity index is 957. The van der Waals surface area contributed by atoms with Gasteiger partial charge in [-0.1, -0.05) is 18.2 Å². The van der Waals surface area contributed by atoms with Crippen molar-refractivity contribution in [2.24, 2.45) is 7.05 Å². The Morgan fingerprint density at radius 2 is 1.62 bits per heavy atom. The lowest BCUT2D eigenvalue weighted by Crippen LogP contribution is -2.50. The van der Waals surface area contributed by atoms with Crippen molar-refractivity contribution < 1.29 is 13.2 Å². The topological polar surface area (TPSA) is 79.7 Å². The van der Waals surface area contributed by atoms with Crippen molar-refractivity contribution in [1.82, 2.24) is 13.8 Å². The van der Waals surface area contributed by atoms with Crippen molar-refractivity contribution in [2.75, 3.05) is 32.4 Å². The first-order valence-electron chi connectivity index (χ1n) is 7.62. The lowest BCUT2D eigenvalue weighted by Gasteiger charge is -2.33. The van der Waals surface area contributed by atoms with E-state index in [2.05, 4.69) is 0 Å². The Labute approximate surface area is 140 Å². The predicted molar refractivity (Wildman–Crippen MR) is 91.5 cm³/mol. The van der Waals surface area contributed by atoms with E-state index in [9.17, 15) is 18.0 Å². The zero-order chi connectivity index (χ0) is 17.5. The highest BCUT2D eigenvalue weighted by molar-refractivity contribution is 7.88. The van der Waals surface area contributed by atoms with Crippen molar-refractivity contribution in [2.45, 2.75) is 0 Å². The van der Waals surface area contributed by atoms with E-state index in [1.165, 1.54) is 15.1 Å². The molecule has 128 valence electrons. The van der Waals surface area contributed by atoms with Crippen molar-refractivity contribution in [3.63, 3.8) is 0 Å². The van der Waals surface area contributed by atoms with Gasteiger partial charge >= 0.3 is 0 Å². The van der Waals surface area contributed by atoms with Crippen molar-refractivity contribution in [1.29, 1.82) is 0 Å². The summed E-state index contributed by atoms with van der Waals surface area (Å²) < 4.78 is 25.9. The number of aromatic nitrogens is 1. The highest BCUT2D eigenvalue weighted by atomic mass is 32.2. The number of hydrogen-bond acceptors (Lipinski definition) is 4. The summed E-state index contributed by atoms with van der Waals surface area (Å²) >= 11 is 0. The van der Waals surface area contributed by atoms with Crippen LogP contribution in [0, 0.1) is 0 Å². The first-order valence-corrected chi connectivity index (χ1v) is 9.46. The third-order valence-corrected chi connectivity index (χ3v) is 5.62. The molecular weight excluding hydrogens is 330 g/mol. The number of rotatable bonds is 2. The molecule has 1 aromatic carbocycles. The Balaban J connectivity index is 1.93. The Morgan fingerprint density at radius 3 is 2.21 bits per heavy atom. The molecule has 0 bridgehead atoms. The van der Waals surface area contributed by atoms with E-state index in [0.717, 1.165) is 0 Å². The van der Waals surface area contributed by atoms with Gasteiger partial charge in [0.05, 0.1) is 11.8 Å². The SMILES string of the molecule is Cn1cc(C(=O)N2CCN(S(C)(=O)=O)CC2)c2ccccc2c1=O. The standard InChI is InChI=1S/C16H19N3O4S/c1-17-11-14(12-5-3-4-6-13(12)15(17)20)16(21)18-7-9-19(10-8-18)24(2,22)23/h3-6,11H,7-10H2,1-2H3. The van der Waals surface area contributed by atoms with Gasteiger partial charge in [0.2, 0.25) is 10.0 Å². The number of piperazine rings is 1. The van der Waals surface area contributed by atoms with E-state index < -0.39 is 10.0 Å². The average Bonchev–Trinajstić information content (AvgIpc) is 2.57. The normalized spacial score (nSPS) is 16.5. The van der Waals surface area contributed by atoms with E-state index in [1.54, 1.807) is 42.4 Å². The summed E-state index contributed by atoms with van der Waals surface area (Å²) in [7, 11) is -1.62. The van der Waals surface area contributed by atoms with Gasteiger partial charge in [-0.3, -0.25) is 9.59 Å². The number of sulfonamides is 1. The maximum absolute atomic E-state index is 12.9. The van der Waals surface area contributed by atoms with Gasteiger partial charge in [0.15, 0.2) is 0 Å². The fraction of sp³-hybridized carbons (Fsp3) is 0.375. The summed E-state index contributed by atoms with van der Waals surface area (Å²) in [5.41, 5.74) is 0.310. The molecule has 1 amide bonds. The number of hydrogen-bond donors (Lipinski definition) is 0. The van der Waals surface area contributed by atoms with Crippen LogP contribution in [-0.2, 0) is 17.1 Å². The number of amides is 1. The number of pyridine rings is 1. The molecule has 2 aromatic rings. The molecule has 0 atom stereocenters. The molecule has 24 heavy (non-hydrogen) atoms. The summed E-state index contributed by atoms with van der Waals surface area (Å²) in [5, 5.41) is 1.12. The first-order chi connectivity index (χ1) is 11.3. The van der Waals surface area contributed by atoms with E-state index in [-0.39, 0.29) is 24.6 Å². The molecule has 3 rings (SSSR count). The van der Waals surface area contributed by atoms with E-state index in [0.29, 0.717) is 29.4 Å². The minimum Gasteiger partial charge on any atom is -0.336 e. The number of carbonyl (C=O) groups excluding carboxylic acids is 1. The molecule has 1 aromatic heterocycles. The van der Waals surface area contributed by atoms with Crippen LogP contribution in [0.5, 0.6) is 0 Å². The molecule has 8 heteroatoms. The van der Waals surface area contributed by atoms with Crippen molar-refractivity contribution in [3.05, 3.63) is 46.4 Å². The van der Waals surface area contributed by atoms with E-state index in [1.807, 2.05) is 0 Å². The molecule has 1 fully saturated rings. The van der Waals surface area contributed by atoms with Crippen LogP contribution in [0.15, 0.2) is 35.3 Å². The summed E-state index contributed by atoms with van der Waals surface area (Å²) in [5.74, 6) is -0.185. The van der Waals surface area contributed by atoms with Crippen LogP contribution in [-0.4, -0.2) is 60.5 Å². The lowest BCUT2D eigenvalue weighted by atomic mass is 10.1. The molecule has 7 nitrogen and oxygen atoms in total. The molecule has 0 spiro atoms. The Morgan fingerprint density at radius 1 is 1.04 bits per heavy atom. The molecular formula is C16H19N3O4S. The molecule has 0 aliphatic carbocycles. The zero-order valence-corrected chi connectivity index (χ0v) is 14.4. The second-order valence-electron chi connectivity index (χ2n) is 5.96. The highest BCUT2D eigenvalue weighted by Gasteiger charge is 2.27. The minimum atomic E-state index is -3.24. The van der Waals surface area contributed by atoms with Gasteiger partial charge in [-0.15, -0.1) is 0 Å². The zero-order valence-electron chi connectivity index (χ0n) is 13.6. The molecule has 1 aliphatic rings. The Hall–Kier alpha value is -2.19. The second kappa shape index (κ2) is 6.03. The van der Waals surface area contributed by atoms with Gasteiger partial charge in [-0.25, -0.2) is 8.42 Å². The van der Waals surface area contributed by atoms with Crippen LogP contribution in [0.4, 0.5) is 0 Å². The second-order valence-corrected chi connectivity index (χ2v) is 7.94. The third-order valence-electron chi connectivity index (χ3n) is 4.32. The van der Waals surface area contributed by atoms with Crippen molar-refractivity contribution >= 4 is 26.7 Å². The summed E-state index contributed by atoms with van der Waals surface area (Å²) in [6.07, 6.45) is 2.72. The van der Waals surface area contributed by atoms with E-state index >= 15 is 0 Å². The monoisotopic (exact) mass is 349 g/mol. The molecule has 0 N–H and O–H groups in total. The van der Waals surface area contributed by atoms with Gasteiger partial charge in [-0.05, 0) is 6.07 Å². The summed E-state index contributed by atoms with van der Waals surface area (Å²) in [6, 6.07) is 7.02. The highest BCUT2D eigenvalue weighted by Crippen LogP contribution is 2.18. The predicted octanol–water partition coefficient (Wildman–Crippen LogP) is 0.256. The first kappa shape index (κ1) is 16.7. The van der Waals surface area contributed by atoms with Crippen LogP contribution < -0.4 is 5.56 Å². The number of aryl methyl sites for hydroxylation is 1. The average molecular weight is 349 g/mol. The molecule has 0 saturated carbocycles. The fourth-order valence-corrected chi connectivity index (χ4v) is 3.81. The van der Waals surface area contributed by atoms with Crippen molar-refractivity contribution in [3.8, 4) is 0 Å². The van der Waals surface area contributed by atoms with E-state index in [4.69, 9.17) is 0 Å². The third kappa shape index (κ3) is 2.94. The van der Waals surface area contributed by atoms with Gasteiger partial charge in [0.1, 0.15) is 0 Å². The van der Waals surface area contributed by atoms with Crippen LogP contribution in [0.1, 0.15) is 10.4 Å². The maximum Gasteiger partial charge on any atom is 0.258 e. The molecule has 2 heterocycles. The summed E-state index contributed by atoms with van der Waals surface area (Å²) in [6.45, 7) is 1.24. The molecule has 0 radical (unpaired) electrons. The molecule has 0 unspecified atom stereocenters. The van der Waals surface area contributed by atoms with Gasteiger partial charge in [-0.2, -0.15) is 4.31 Å². The molecule has 1 saturated heterocycles. The van der Waals surface area contributed by atoms with Gasteiger partial charge in [0.25, 0.3) is 11.5 Å². The van der Waals surface area contributed by atoms with Crippen LogP contribution in [0.3, 0.4) is 0 Å². The maximum atomic E-state index is 12.9. The number of nitrogens with zero attached hydrogens (tertiary/aromatic N) is 3. The fourth-order valence-electron chi connectivity index (χ4n) is 2.98. The Kier molecular flexibility index (Phi) is 4.18. The number of benzene rings is 1.